The summed E-state index contributed by atoms with van der Waals surface area (Å²) in [5.74, 6) is 0.658. The lowest BCUT2D eigenvalue weighted by Gasteiger charge is -2.20. The van der Waals surface area contributed by atoms with Gasteiger partial charge in [0, 0.05) is 22.6 Å². The van der Waals surface area contributed by atoms with Gasteiger partial charge in [0.15, 0.2) is 0 Å². The molecule has 21 heavy (non-hydrogen) atoms. The van der Waals surface area contributed by atoms with Gasteiger partial charge in [-0.2, -0.15) is 0 Å². The number of hydrogen-bond acceptors (Lipinski definition) is 3. The SMILES string of the molecule is CC(C)(C)NCc1cccc(OCc2ccc(Br)cc2)n1. The van der Waals surface area contributed by atoms with Crippen molar-refractivity contribution in [2.45, 2.75) is 39.5 Å². The van der Waals surface area contributed by atoms with Gasteiger partial charge in [0.2, 0.25) is 5.88 Å². The van der Waals surface area contributed by atoms with Crippen LogP contribution in [0, 0.1) is 0 Å². The molecule has 2 aromatic rings. The molecule has 0 bridgehead atoms. The number of halogens is 1. The molecule has 0 aliphatic rings. The Kier molecular flexibility index (Phi) is 5.37. The van der Waals surface area contributed by atoms with E-state index in [4.69, 9.17) is 4.74 Å². The molecule has 112 valence electrons. The van der Waals surface area contributed by atoms with Crippen molar-refractivity contribution in [1.82, 2.24) is 10.3 Å². The lowest BCUT2D eigenvalue weighted by Crippen LogP contribution is -2.35. The minimum atomic E-state index is 0.0793. The Hall–Kier alpha value is -1.39. The van der Waals surface area contributed by atoms with Crippen LogP contribution in [0.1, 0.15) is 32.0 Å². The first-order valence-corrected chi connectivity index (χ1v) is 7.80. The Balaban J connectivity index is 1.93. The number of nitrogens with zero attached hydrogens (tertiary/aromatic N) is 1. The van der Waals surface area contributed by atoms with Crippen LogP contribution in [0.3, 0.4) is 0 Å². The van der Waals surface area contributed by atoms with Crippen molar-refractivity contribution >= 4 is 15.9 Å². The maximum atomic E-state index is 5.75. The molecular weight excluding hydrogens is 328 g/mol. The summed E-state index contributed by atoms with van der Waals surface area (Å²) < 4.78 is 6.82. The van der Waals surface area contributed by atoms with Gasteiger partial charge in [0.05, 0.1) is 5.69 Å². The first kappa shape index (κ1) is 16.0. The fourth-order valence-electron chi connectivity index (χ4n) is 1.73. The zero-order valence-corrected chi connectivity index (χ0v) is 14.3. The van der Waals surface area contributed by atoms with Crippen molar-refractivity contribution in [2.75, 3.05) is 0 Å². The lowest BCUT2D eigenvalue weighted by molar-refractivity contribution is 0.292. The number of pyridine rings is 1. The van der Waals surface area contributed by atoms with Crippen LogP contribution in [0.4, 0.5) is 0 Å². The zero-order chi connectivity index (χ0) is 15.3. The molecule has 0 aliphatic heterocycles. The Morgan fingerprint density at radius 1 is 1.10 bits per heavy atom. The van der Waals surface area contributed by atoms with Gasteiger partial charge in [0.1, 0.15) is 6.61 Å². The van der Waals surface area contributed by atoms with Crippen LogP contribution in [-0.4, -0.2) is 10.5 Å². The minimum Gasteiger partial charge on any atom is -0.473 e. The third-order valence-corrected chi connectivity index (χ3v) is 3.41. The van der Waals surface area contributed by atoms with Crippen LogP contribution < -0.4 is 10.1 Å². The number of benzene rings is 1. The molecule has 0 unspecified atom stereocenters. The molecule has 1 aromatic heterocycles. The van der Waals surface area contributed by atoms with Crippen LogP contribution in [0.15, 0.2) is 46.9 Å². The second-order valence-electron chi connectivity index (χ2n) is 5.99. The van der Waals surface area contributed by atoms with E-state index in [0.717, 1.165) is 22.3 Å². The molecule has 1 aromatic carbocycles. The van der Waals surface area contributed by atoms with Gasteiger partial charge >= 0.3 is 0 Å². The van der Waals surface area contributed by atoms with E-state index in [1.165, 1.54) is 0 Å². The minimum absolute atomic E-state index is 0.0793. The summed E-state index contributed by atoms with van der Waals surface area (Å²) in [6.45, 7) is 7.68. The highest BCUT2D eigenvalue weighted by atomic mass is 79.9. The van der Waals surface area contributed by atoms with Crippen molar-refractivity contribution < 1.29 is 4.74 Å². The molecule has 1 N–H and O–H groups in total. The molecule has 0 amide bonds. The third kappa shape index (κ3) is 5.86. The molecule has 0 radical (unpaired) electrons. The molecule has 0 atom stereocenters. The van der Waals surface area contributed by atoms with E-state index in [1.54, 1.807) is 0 Å². The molecule has 4 heteroatoms. The zero-order valence-electron chi connectivity index (χ0n) is 12.7. The fraction of sp³-hybridized carbons (Fsp3) is 0.353. The van der Waals surface area contributed by atoms with Crippen molar-refractivity contribution in [1.29, 1.82) is 0 Å². The highest BCUT2D eigenvalue weighted by Gasteiger charge is 2.09. The summed E-state index contributed by atoms with van der Waals surface area (Å²) in [6.07, 6.45) is 0. The molecule has 1 heterocycles. The van der Waals surface area contributed by atoms with Crippen molar-refractivity contribution in [3.05, 3.63) is 58.2 Å². The maximum Gasteiger partial charge on any atom is 0.213 e. The first-order chi connectivity index (χ1) is 9.92. The van der Waals surface area contributed by atoms with Crippen LogP contribution in [0.5, 0.6) is 5.88 Å². The van der Waals surface area contributed by atoms with Gasteiger partial charge in [-0.25, -0.2) is 4.98 Å². The summed E-state index contributed by atoms with van der Waals surface area (Å²) in [7, 11) is 0. The average Bonchev–Trinajstić information content (AvgIpc) is 2.44. The second-order valence-corrected chi connectivity index (χ2v) is 6.90. The van der Waals surface area contributed by atoms with Gasteiger partial charge in [0.25, 0.3) is 0 Å². The molecule has 0 spiro atoms. The molecule has 0 fully saturated rings. The predicted molar refractivity (Wildman–Crippen MR) is 89.3 cm³/mol. The van der Waals surface area contributed by atoms with E-state index in [0.29, 0.717) is 12.5 Å². The summed E-state index contributed by atoms with van der Waals surface area (Å²) in [6, 6.07) is 14.0. The number of aromatic nitrogens is 1. The largest absolute Gasteiger partial charge is 0.473 e. The predicted octanol–water partition coefficient (Wildman–Crippen LogP) is 4.31. The van der Waals surface area contributed by atoms with Gasteiger partial charge < -0.3 is 10.1 Å². The Morgan fingerprint density at radius 2 is 1.81 bits per heavy atom. The highest BCUT2D eigenvalue weighted by Crippen LogP contribution is 2.14. The van der Waals surface area contributed by atoms with Crippen LogP contribution in [0.25, 0.3) is 0 Å². The molecule has 0 saturated heterocycles. The fourth-order valence-corrected chi connectivity index (χ4v) is 1.99. The van der Waals surface area contributed by atoms with E-state index in [1.807, 2.05) is 42.5 Å². The quantitative estimate of drug-likeness (QED) is 0.873. The molecule has 0 saturated carbocycles. The Labute approximate surface area is 134 Å². The van der Waals surface area contributed by atoms with E-state index < -0.39 is 0 Å². The molecule has 2 rings (SSSR count). The standard InChI is InChI=1S/C17H21BrN2O/c1-17(2,3)19-11-15-5-4-6-16(20-15)21-12-13-7-9-14(18)10-8-13/h4-10,19H,11-12H2,1-3H3. The first-order valence-electron chi connectivity index (χ1n) is 7.01. The van der Waals surface area contributed by atoms with E-state index >= 15 is 0 Å². The Morgan fingerprint density at radius 3 is 2.48 bits per heavy atom. The normalized spacial score (nSPS) is 11.4. The molecular formula is C17H21BrN2O. The maximum absolute atomic E-state index is 5.75. The summed E-state index contributed by atoms with van der Waals surface area (Å²) in [5.41, 5.74) is 2.19. The molecule has 3 nitrogen and oxygen atoms in total. The molecule has 0 aliphatic carbocycles. The van der Waals surface area contributed by atoms with Crippen LogP contribution >= 0.6 is 15.9 Å². The van der Waals surface area contributed by atoms with E-state index in [-0.39, 0.29) is 5.54 Å². The average molecular weight is 349 g/mol. The van der Waals surface area contributed by atoms with Crippen molar-refractivity contribution in [2.24, 2.45) is 0 Å². The van der Waals surface area contributed by atoms with Crippen molar-refractivity contribution in [3.8, 4) is 5.88 Å². The monoisotopic (exact) mass is 348 g/mol. The number of hydrogen-bond donors (Lipinski definition) is 1. The van der Waals surface area contributed by atoms with Crippen LogP contribution in [-0.2, 0) is 13.2 Å². The number of nitrogens with one attached hydrogen (secondary N) is 1. The number of ether oxygens (including phenoxy) is 1. The third-order valence-electron chi connectivity index (χ3n) is 2.88. The Bertz CT molecular complexity index is 576. The topological polar surface area (TPSA) is 34.1 Å². The van der Waals surface area contributed by atoms with E-state index in [9.17, 15) is 0 Å². The lowest BCUT2D eigenvalue weighted by atomic mass is 10.1. The van der Waals surface area contributed by atoms with Crippen molar-refractivity contribution in [3.63, 3.8) is 0 Å². The summed E-state index contributed by atoms with van der Waals surface area (Å²) >= 11 is 3.42. The summed E-state index contributed by atoms with van der Waals surface area (Å²) in [4.78, 5) is 4.51. The van der Waals surface area contributed by atoms with Gasteiger partial charge in [-0.1, -0.05) is 34.1 Å². The highest BCUT2D eigenvalue weighted by molar-refractivity contribution is 9.10. The van der Waals surface area contributed by atoms with Gasteiger partial charge in [-0.05, 0) is 44.5 Å². The van der Waals surface area contributed by atoms with Gasteiger partial charge in [-0.3, -0.25) is 0 Å². The summed E-state index contributed by atoms with van der Waals surface area (Å²) in [5, 5.41) is 3.42. The van der Waals surface area contributed by atoms with Crippen LogP contribution in [0.2, 0.25) is 0 Å². The van der Waals surface area contributed by atoms with E-state index in [2.05, 4.69) is 47.0 Å². The second kappa shape index (κ2) is 7.05. The smallest absolute Gasteiger partial charge is 0.213 e. The van der Waals surface area contributed by atoms with Gasteiger partial charge in [-0.15, -0.1) is 0 Å². The number of rotatable bonds is 5.